The van der Waals surface area contributed by atoms with E-state index in [1.54, 1.807) is 6.33 Å². The summed E-state index contributed by atoms with van der Waals surface area (Å²) in [6.45, 7) is 4.50. The van der Waals surface area contributed by atoms with E-state index in [2.05, 4.69) is 15.1 Å². The van der Waals surface area contributed by atoms with Crippen LogP contribution in [-0.2, 0) is 6.54 Å². The Morgan fingerprint density at radius 2 is 2.06 bits per heavy atom. The lowest BCUT2D eigenvalue weighted by molar-refractivity contribution is 0.390. The van der Waals surface area contributed by atoms with E-state index >= 15 is 0 Å². The lowest BCUT2D eigenvalue weighted by Gasteiger charge is -2.16. The zero-order valence-corrected chi connectivity index (χ0v) is 9.64. The maximum atomic E-state index is 5.02. The Balaban J connectivity index is 2.11. The number of nitrogens with zero attached hydrogens (tertiary/aromatic N) is 4. The van der Waals surface area contributed by atoms with Gasteiger partial charge in [0, 0.05) is 24.9 Å². The highest BCUT2D eigenvalue weighted by Crippen LogP contribution is 2.12. The van der Waals surface area contributed by atoms with Crippen LogP contribution in [0.15, 0.2) is 23.0 Å². The minimum atomic E-state index is 0.674. The van der Waals surface area contributed by atoms with Crippen LogP contribution in [0.3, 0.4) is 0 Å². The van der Waals surface area contributed by atoms with Crippen LogP contribution in [0.1, 0.15) is 17.1 Å². The number of hydrogen-bond donors (Lipinski definition) is 0. The molecular weight excluding hydrogens is 204 g/mol. The molecule has 2 aromatic heterocycles. The SMILES string of the molecule is Cc1cc(N(C)Cc2cc(C)on2)ncn1. The number of rotatable bonds is 3. The van der Waals surface area contributed by atoms with Crippen LogP contribution in [-0.4, -0.2) is 22.2 Å². The lowest BCUT2D eigenvalue weighted by Crippen LogP contribution is -2.18. The molecule has 0 amide bonds. The molecule has 2 heterocycles. The van der Waals surface area contributed by atoms with Crippen LogP contribution in [0.25, 0.3) is 0 Å². The second-order valence-electron chi connectivity index (χ2n) is 3.80. The van der Waals surface area contributed by atoms with Gasteiger partial charge in [-0.2, -0.15) is 0 Å². The Morgan fingerprint density at radius 3 is 2.69 bits per heavy atom. The molecule has 16 heavy (non-hydrogen) atoms. The van der Waals surface area contributed by atoms with Gasteiger partial charge in [0.05, 0.1) is 6.54 Å². The van der Waals surface area contributed by atoms with Crippen LogP contribution in [0.5, 0.6) is 0 Å². The van der Waals surface area contributed by atoms with Crippen molar-refractivity contribution in [2.24, 2.45) is 0 Å². The van der Waals surface area contributed by atoms with Gasteiger partial charge in [0.1, 0.15) is 23.6 Å². The number of aromatic nitrogens is 3. The monoisotopic (exact) mass is 218 g/mol. The summed E-state index contributed by atoms with van der Waals surface area (Å²) < 4.78 is 5.02. The molecule has 0 saturated carbocycles. The molecule has 0 aromatic carbocycles. The molecule has 2 rings (SSSR count). The molecule has 84 valence electrons. The van der Waals surface area contributed by atoms with Gasteiger partial charge >= 0.3 is 0 Å². The fourth-order valence-corrected chi connectivity index (χ4v) is 1.47. The van der Waals surface area contributed by atoms with Gasteiger partial charge in [-0.1, -0.05) is 5.16 Å². The van der Waals surface area contributed by atoms with Crippen molar-refractivity contribution in [2.45, 2.75) is 20.4 Å². The van der Waals surface area contributed by atoms with Crippen molar-refractivity contribution in [3.05, 3.63) is 35.6 Å². The number of anilines is 1. The molecule has 0 aliphatic heterocycles. The molecule has 0 unspecified atom stereocenters. The highest BCUT2D eigenvalue weighted by atomic mass is 16.5. The summed E-state index contributed by atoms with van der Waals surface area (Å²) in [5.74, 6) is 1.70. The van der Waals surface area contributed by atoms with Crippen molar-refractivity contribution in [3.63, 3.8) is 0 Å². The Labute approximate surface area is 94.1 Å². The number of hydrogen-bond acceptors (Lipinski definition) is 5. The van der Waals surface area contributed by atoms with Crippen molar-refractivity contribution < 1.29 is 4.52 Å². The van der Waals surface area contributed by atoms with Gasteiger partial charge in [0.25, 0.3) is 0 Å². The standard InChI is InChI=1S/C11H14N4O/c1-8-4-11(13-7-12-8)15(3)6-10-5-9(2)16-14-10/h4-5,7H,6H2,1-3H3. The van der Waals surface area contributed by atoms with Crippen LogP contribution >= 0.6 is 0 Å². The highest BCUT2D eigenvalue weighted by Gasteiger charge is 2.07. The maximum absolute atomic E-state index is 5.02. The maximum Gasteiger partial charge on any atom is 0.133 e. The second-order valence-corrected chi connectivity index (χ2v) is 3.80. The van der Waals surface area contributed by atoms with Gasteiger partial charge in [0.2, 0.25) is 0 Å². The largest absolute Gasteiger partial charge is 0.361 e. The van der Waals surface area contributed by atoms with E-state index in [1.807, 2.05) is 37.9 Å². The Kier molecular flexibility index (Phi) is 2.85. The molecule has 0 saturated heterocycles. The summed E-state index contributed by atoms with van der Waals surface area (Å²) in [5, 5.41) is 3.94. The lowest BCUT2D eigenvalue weighted by atomic mass is 10.3. The van der Waals surface area contributed by atoms with E-state index < -0.39 is 0 Å². The summed E-state index contributed by atoms with van der Waals surface area (Å²) in [6.07, 6.45) is 1.56. The summed E-state index contributed by atoms with van der Waals surface area (Å²) >= 11 is 0. The summed E-state index contributed by atoms with van der Waals surface area (Å²) in [7, 11) is 1.96. The molecule has 0 radical (unpaired) electrons. The average Bonchev–Trinajstić information content (AvgIpc) is 2.64. The van der Waals surface area contributed by atoms with Crippen LogP contribution in [0, 0.1) is 13.8 Å². The van der Waals surface area contributed by atoms with Gasteiger partial charge in [0.15, 0.2) is 0 Å². The third-order valence-electron chi connectivity index (χ3n) is 2.26. The van der Waals surface area contributed by atoms with E-state index in [9.17, 15) is 0 Å². The molecule has 0 atom stereocenters. The molecule has 0 spiro atoms. The predicted octanol–water partition coefficient (Wildman–Crippen LogP) is 1.72. The molecule has 2 aromatic rings. The predicted molar refractivity (Wildman–Crippen MR) is 60.1 cm³/mol. The van der Waals surface area contributed by atoms with E-state index in [4.69, 9.17) is 4.52 Å². The van der Waals surface area contributed by atoms with Gasteiger partial charge in [-0.05, 0) is 13.8 Å². The molecule has 0 aliphatic rings. The fourth-order valence-electron chi connectivity index (χ4n) is 1.47. The zero-order valence-electron chi connectivity index (χ0n) is 9.64. The topological polar surface area (TPSA) is 55.1 Å². The van der Waals surface area contributed by atoms with Gasteiger partial charge in [-0.15, -0.1) is 0 Å². The smallest absolute Gasteiger partial charge is 0.133 e. The number of aryl methyl sites for hydroxylation is 2. The van der Waals surface area contributed by atoms with Gasteiger partial charge < -0.3 is 9.42 Å². The summed E-state index contributed by atoms with van der Waals surface area (Å²) in [5.41, 5.74) is 1.85. The molecular formula is C11H14N4O. The Bertz CT molecular complexity index is 480. The minimum absolute atomic E-state index is 0.674. The molecule has 0 bridgehead atoms. The molecule has 5 heteroatoms. The van der Waals surface area contributed by atoms with E-state index in [1.165, 1.54) is 0 Å². The van der Waals surface area contributed by atoms with Crippen LogP contribution in [0.4, 0.5) is 5.82 Å². The summed E-state index contributed by atoms with van der Waals surface area (Å²) in [4.78, 5) is 10.3. The Morgan fingerprint density at radius 1 is 1.25 bits per heavy atom. The average molecular weight is 218 g/mol. The van der Waals surface area contributed by atoms with Crippen molar-refractivity contribution >= 4 is 5.82 Å². The third-order valence-corrected chi connectivity index (χ3v) is 2.26. The molecule has 0 fully saturated rings. The fraction of sp³-hybridized carbons (Fsp3) is 0.364. The van der Waals surface area contributed by atoms with Crippen molar-refractivity contribution in [1.82, 2.24) is 15.1 Å². The first-order chi connectivity index (χ1) is 7.65. The first-order valence-electron chi connectivity index (χ1n) is 5.07. The van der Waals surface area contributed by atoms with E-state index in [0.717, 1.165) is 23.0 Å². The van der Waals surface area contributed by atoms with Crippen LogP contribution in [0.2, 0.25) is 0 Å². The first kappa shape index (κ1) is 10.6. The quantitative estimate of drug-likeness (QED) is 0.785. The zero-order chi connectivity index (χ0) is 11.5. The van der Waals surface area contributed by atoms with Crippen LogP contribution < -0.4 is 4.90 Å². The van der Waals surface area contributed by atoms with Crippen molar-refractivity contribution in [2.75, 3.05) is 11.9 Å². The highest BCUT2D eigenvalue weighted by molar-refractivity contribution is 5.37. The molecule has 0 N–H and O–H groups in total. The van der Waals surface area contributed by atoms with Gasteiger partial charge in [-0.25, -0.2) is 9.97 Å². The summed E-state index contributed by atoms with van der Waals surface area (Å²) in [6, 6.07) is 3.86. The first-order valence-corrected chi connectivity index (χ1v) is 5.07. The minimum Gasteiger partial charge on any atom is -0.361 e. The Hall–Kier alpha value is -1.91. The normalized spacial score (nSPS) is 10.4. The second kappa shape index (κ2) is 4.30. The van der Waals surface area contributed by atoms with E-state index in [-0.39, 0.29) is 0 Å². The van der Waals surface area contributed by atoms with E-state index in [0.29, 0.717) is 6.54 Å². The van der Waals surface area contributed by atoms with Gasteiger partial charge in [-0.3, -0.25) is 0 Å². The third kappa shape index (κ3) is 2.36. The van der Waals surface area contributed by atoms with Crippen molar-refractivity contribution in [1.29, 1.82) is 0 Å². The molecule has 5 nitrogen and oxygen atoms in total. The molecule has 0 aliphatic carbocycles. The van der Waals surface area contributed by atoms with Crippen molar-refractivity contribution in [3.8, 4) is 0 Å².